The molecule has 0 aromatic carbocycles. The number of nitrogens with zero attached hydrogens (tertiary/aromatic N) is 1. The van der Waals surface area contributed by atoms with Gasteiger partial charge in [0, 0.05) is 18.4 Å². The lowest BCUT2D eigenvalue weighted by molar-refractivity contribution is -0.148. The third kappa shape index (κ3) is 2.33. The fourth-order valence-electron chi connectivity index (χ4n) is 1.62. The summed E-state index contributed by atoms with van der Waals surface area (Å²) in [5.74, 6) is -0.821. The van der Waals surface area contributed by atoms with Crippen LogP contribution < -0.4 is 5.32 Å². The Morgan fingerprint density at radius 2 is 2.00 bits per heavy atom. The molecule has 1 rings (SSSR count). The first-order chi connectivity index (χ1) is 7.00. The highest BCUT2D eigenvalue weighted by Gasteiger charge is 2.36. The molecule has 1 aromatic rings. The van der Waals surface area contributed by atoms with Gasteiger partial charge in [0.05, 0.1) is 5.41 Å². The lowest BCUT2D eigenvalue weighted by Gasteiger charge is -2.30. The molecule has 0 radical (unpaired) electrons. The maximum atomic E-state index is 11.1. The lowest BCUT2D eigenvalue weighted by Crippen LogP contribution is -2.38. The third-order valence-corrected chi connectivity index (χ3v) is 2.60. The second kappa shape index (κ2) is 4.40. The van der Waals surface area contributed by atoms with E-state index in [2.05, 4.69) is 10.3 Å². The summed E-state index contributed by atoms with van der Waals surface area (Å²) < 4.78 is 0. The number of aromatic nitrogens is 1. The van der Waals surface area contributed by atoms with E-state index < -0.39 is 11.4 Å². The van der Waals surface area contributed by atoms with E-state index in [0.29, 0.717) is 0 Å². The van der Waals surface area contributed by atoms with Gasteiger partial charge in [-0.15, -0.1) is 0 Å². The van der Waals surface area contributed by atoms with Crippen molar-refractivity contribution in [2.75, 3.05) is 7.05 Å². The van der Waals surface area contributed by atoms with E-state index in [1.807, 2.05) is 12.1 Å². The summed E-state index contributed by atoms with van der Waals surface area (Å²) in [5, 5.41) is 12.2. The topological polar surface area (TPSA) is 62.2 Å². The van der Waals surface area contributed by atoms with E-state index in [-0.39, 0.29) is 6.04 Å². The first-order valence-electron chi connectivity index (χ1n) is 4.80. The number of rotatable bonds is 4. The van der Waals surface area contributed by atoms with E-state index in [1.54, 1.807) is 33.3 Å². The molecule has 1 heterocycles. The molecule has 4 heteroatoms. The number of nitrogens with one attached hydrogen (secondary N) is 1. The Morgan fingerprint density at radius 3 is 2.40 bits per heavy atom. The van der Waals surface area contributed by atoms with Crippen LogP contribution >= 0.6 is 0 Å². The molecule has 2 N–H and O–H groups in total. The van der Waals surface area contributed by atoms with E-state index in [4.69, 9.17) is 5.11 Å². The quantitative estimate of drug-likeness (QED) is 0.786. The maximum absolute atomic E-state index is 11.1. The number of pyridine rings is 1. The number of carboxylic acids is 1. The zero-order chi connectivity index (χ0) is 11.5. The van der Waals surface area contributed by atoms with Crippen molar-refractivity contribution in [1.29, 1.82) is 0 Å². The summed E-state index contributed by atoms with van der Waals surface area (Å²) in [7, 11) is 1.76. The number of hydrogen-bond donors (Lipinski definition) is 2. The second-order valence-electron chi connectivity index (χ2n) is 4.03. The van der Waals surface area contributed by atoms with Crippen molar-refractivity contribution in [3.63, 3.8) is 0 Å². The summed E-state index contributed by atoms with van der Waals surface area (Å²) in [4.78, 5) is 15.1. The van der Waals surface area contributed by atoms with Gasteiger partial charge in [0.25, 0.3) is 0 Å². The Kier molecular flexibility index (Phi) is 3.42. The Hall–Kier alpha value is -1.42. The van der Waals surface area contributed by atoms with Crippen LogP contribution in [0.4, 0.5) is 0 Å². The Bertz CT molecular complexity index is 336. The van der Waals surface area contributed by atoms with E-state index >= 15 is 0 Å². The highest BCUT2D eigenvalue weighted by Crippen LogP contribution is 2.32. The molecular weight excluding hydrogens is 192 g/mol. The number of carbonyl (C=O) groups is 1. The summed E-state index contributed by atoms with van der Waals surface area (Å²) in [6.07, 6.45) is 3.33. The van der Waals surface area contributed by atoms with Crippen LogP contribution in [0.3, 0.4) is 0 Å². The van der Waals surface area contributed by atoms with Gasteiger partial charge < -0.3 is 10.4 Å². The molecule has 1 atom stereocenters. The molecule has 1 aromatic heterocycles. The minimum atomic E-state index is -0.851. The summed E-state index contributed by atoms with van der Waals surface area (Å²) in [6, 6.07) is 3.43. The predicted octanol–water partition coefficient (Wildman–Crippen LogP) is 1.45. The monoisotopic (exact) mass is 208 g/mol. The van der Waals surface area contributed by atoms with Crippen LogP contribution in [-0.2, 0) is 4.79 Å². The summed E-state index contributed by atoms with van der Waals surface area (Å²) >= 11 is 0. The average molecular weight is 208 g/mol. The molecule has 15 heavy (non-hydrogen) atoms. The van der Waals surface area contributed by atoms with Crippen molar-refractivity contribution in [3.05, 3.63) is 30.1 Å². The van der Waals surface area contributed by atoms with E-state index in [0.717, 1.165) is 5.56 Å². The molecule has 0 aliphatic heterocycles. The molecule has 0 saturated carbocycles. The fraction of sp³-hybridized carbons (Fsp3) is 0.455. The molecule has 82 valence electrons. The Balaban J connectivity index is 3.05. The predicted molar refractivity (Wildman–Crippen MR) is 57.5 cm³/mol. The third-order valence-electron chi connectivity index (χ3n) is 2.60. The molecule has 4 nitrogen and oxygen atoms in total. The molecule has 0 amide bonds. The number of aliphatic carboxylic acids is 1. The number of hydrogen-bond acceptors (Lipinski definition) is 3. The minimum absolute atomic E-state index is 0.224. The molecule has 0 aliphatic rings. The Labute approximate surface area is 89.3 Å². The van der Waals surface area contributed by atoms with Gasteiger partial charge in [-0.2, -0.15) is 0 Å². The van der Waals surface area contributed by atoms with Crippen LogP contribution in [-0.4, -0.2) is 23.1 Å². The lowest BCUT2D eigenvalue weighted by atomic mass is 9.81. The van der Waals surface area contributed by atoms with Crippen LogP contribution in [0.1, 0.15) is 25.5 Å². The minimum Gasteiger partial charge on any atom is -0.481 e. The molecule has 0 bridgehead atoms. The van der Waals surface area contributed by atoms with Crippen molar-refractivity contribution in [2.24, 2.45) is 5.41 Å². The Morgan fingerprint density at radius 1 is 1.47 bits per heavy atom. The van der Waals surface area contributed by atoms with Crippen molar-refractivity contribution >= 4 is 5.97 Å². The van der Waals surface area contributed by atoms with Gasteiger partial charge in [0.15, 0.2) is 0 Å². The average Bonchev–Trinajstić information content (AvgIpc) is 2.19. The standard InChI is InChI=1S/C11H16N2O2/c1-11(2,10(14)15)9(12-3)8-4-6-13-7-5-8/h4-7,9,12H,1-3H3,(H,14,15). The largest absolute Gasteiger partial charge is 0.481 e. The van der Waals surface area contributed by atoms with Gasteiger partial charge in [-0.1, -0.05) is 0 Å². The van der Waals surface area contributed by atoms with Gasteiger partial charge >= 0.3 is 5.97 Å². The first-order valence-corrected chi connectivity index (χ1v) is 4.80. The van der Waals surface area contributed by atoms with Crippen LogP contribution in [0.15, 0.2) is 24.5 Å². The van der Waals surface area contributed by atoms with Gasteiger partial charge in [-0.3, -0.25) is 9.78 Å². The van der Waals surface area contributed by atoms with Gasteiger partial charge in [0.1, 0.15) is 0 Å². The number of carboxylic acid groups (broad SMARTS) is 1. The molecule has 0 saturated heterocycles. The van der Waals surface area contributed by atoms with Crippen LogP contribution in [0.25, 0.3) is 0 Å². The van der Waals surface area contributed by atoms with Gasteiger partial charge in [-0.05, 0) is 38.6 Å². The van der Waals surface area contributed by atoms with E-state index in [9.17, 15) is 4.79 Å². The summed E-state index contributed by atoms with van der Waals surface area (Å²) in [6.45, 7) is 3.41. The highest BCUT2D eigenvalue weighted by molar-refractivity contribution is 5.75. The molecule has 1 unspecified atom stereocenters. The molecule has 0 fully saturated rings. The van der Waals surface area contributed by atoms with Crippen molar-refractivity contribution in [3.8, 4) is 0 Å². The van der Waals surface area contributed by atoms with Gasteiger partial charge in [0.2, 0.25) is 0 Å². The second-order valence-corrected chi connectivity index (χ2v) is 4.03. The molecule has 0 aliphatic carbocycles. The summed E-state index contributed by atoms with van der Waals surface area (Å²) in [5.41, 5.74) is 0.0794. The SMILES string of the molecule is CNC(c1ccncc1)C(C)(C)C(=O)O. The molecule has 0 spiro atoms. The molecular formula is C11H16N2O2. The highest BCUT2D eigenvalue weighted by atomic mass is 16.4. The van der Waals surface area contributed by atoms with Crippen LogP contribution in [0, 0.1) is 5.41 Å². The maximum Gasteiger partial charge on any atom is 0.311 e. The smallest absolute Gasteiger partial charge is 0.311 e. The van der Waals surface area contributed by atoms with Gasteiger partial charge in [-0.25, -0.2) is 0 Å². The van der Waals surface area contributed by atoms with E-state index in [1.165, 1.54) is 0 Å². The zero-order valence-corrected chi connectivity index (χ0v) is 9.19. The fourth-order valence-corrected chi connectivity index (χ4v) is 1.62. The van der Waals surface area contributed by atoms with Crippen molar-refractivity contribution in [2.45, 2.75) is 19.9 Å². The van der Waals surface area contributed by atoms with Crippen molar-refractivity contribution < 1.29 is 9.90 Å². The first kappa shape index (κ1) is 11.7. The zero-order valence-electron chi connectivity index (χ0n) is 9.19. The van der Waals surface area contributed by atoms with Crippen LogP contribution in [0.2, 0.25) is 0 Å². The normalized spacial score (nSPS) is 13.5. The van der Waals surface area contributed by atoms with Crippen molar-refractivity contribution in [1.82, 2.24) is 10.3 Å². The van der Waals surface area contributed by atoms with Crippen LogP contribution in [0.5, 0.6) is 0 Å².